The number of carbonyl (C=O) groups is 2. The molecule has 204 valence electrons. The molecule has 2 aliphatic heterocycles. The molecular weight excluding hydrogens is 563 g/mol. The highest BCUT2D eigenvalue weighted by Crippen LogP contribution is 2.37. The standard InChI is InChI=1S/C25H25Cl3N2O8/c1-13(31)30-18-20(36-21(32)14-6-4-3-5-7-14)19-17(35-23(18)38-24(29)25(26,27)28)12-34-22(37-19)15-8-10-16(33-2)11-9-15/h3-11,17-20,22-23,29H,12H2,1-2H3,(H,30,31)/t17-,18-,19-,20-,22?,23-/m1/s1. The van der Waals surface area contributed by atoms with Gasteiger partial charge >= 0.3 is 5.97 Å². The van der Waals surface area contributed by atoms with Crippen molar-refractivity contribution in [3.63, 3.8) is 0 Å². The second-order valence-electron chi connectivity index (χ2n) is 8.49. The summed E-state index contributed by atoms with van der Waals surface area (Å²) >= 11 is 17.4. The van der Waals surface area contributed by atoms with Crippen LogP contribution in [0.5, 0.6) is 5.75 Å². The number of carbonyl (C=O) groups excluding carboxylic acids is 2. The SMILES string of the molecule is COc1ccc(C2OC[C@H]3O[C@H](OC(=N)C(Cl)(Cl)Cl)[C@H](NC(C)=O)[C@@H](OC(=O)c4ccccc4)[C@@H]3O2)cc1. The molecule has 6 atom stereocenters. The molecule has 10 nitrogen and oxygen atoms in total. The van der Waals surface area contributed by atoms with Crippen molar-refractivity contribution in [3.05, 3.63) is 65.7 Å². The van der Waals surface area contributed by atoms with Crippen molar-refractivity contribution in [2.45, 2.75) is 47.7 Å². The first kappa shape index (κ1) is 28.4. The number of alkyl halides is 3. The summed E-state index contributed by atoms with van der Waals surface area (Å²) in [5.41, 5.74) is 0.965. The molecule has 2 aromatic carbocycles. The zero-order chi connectivity index (χ0) is 27.4. The van der Waals surface area contributed by atoms with Crippen molar-refractivity contribution in [2.24, 2.45) is 0 Å². The van der Waals surface area contributed by atoms with E-state index in [9.17, 15) is 9.59 Å². The summed E-state index contributed by atoms with van der Waals surface area (Å²) in [6, 6.07) is 14.2. The van der Waals surface area contributed by atoms with Crippen LogP contribution in [0.15, 0.2) is 54.6 Å². The molecular formula is C25H25Cl3N2O8. The molecule has 2 aliphatic rings. The number of fused-ring (bicyclic) bond motifs is 1. The van der Waals surface area contributed by atoms with Gasteiger partial charge in [0.05, 0.1) is 19.3 Å². The maximum absolute atomic E-state index is 13.1. The molecule has 2 aromatic rings. The number of methoxy groups -OCH3 is 1. The lowest BCUT2D eigenvalue weighted by atomic mass is 9.95. The van der Waals surface area contributed by atoms with E-state index in [-0.39, 0.29) is 12.2 Å². The van der Waals surface area contributed by atoms with Gasteiger partial charge in [0, 0.05) is 12.5 Å². The molecule has 0 bridgehead atoms. The molecule has 2 fully saturated rings. The lowest BCUT2D eigenvalue weighted by molar-refractivity contribution is -0.334. The van der Waals surface area contributed by atoms with Gasteiger partial charge in [0.25, 0.3) is 3.79 Å². The Hall–Kier alpha value is -2.60. The molecule has 0 radical (unpaired) electrons. The number of ether oxygens (including phenoxy) is 6. The molecule has 2 heterocycles. The van der Waals surface area contributed by atoms with Crippen LogP contribution in [0.2, 0.25) is 0 Å². The second kappa shape index (κ2) is 12.1. The molecule has 1 amide bonds. The topological polar surface area (TPSA) is 125 Å². The largest absolute Gasteiger partial charge is 0.497 e. The van der Waals surface area contributed by atoms with Gasteiger partial charge in [-0.25, -0.2) is 4.79 Å². The minimum atomic E-state index is -2.20. The normalized spacial score (nSPS) is 27.0. The maximum Gasteiger partial charge on any atom is 0.338 e. The molecule has 2 N–H and O–H groups in total. The summed E-state index contributed by atoms with van der Waals surface area (Å²) in [5, 5.41) is 10.7. The van der Waals surface area contributed by atoms with Crippen molar-refractivity contribution in [1.82, 2.24) is 5.32 Å². The highest BCUT2D eigenvalue weighted by molar-refractivity contribution is 6.76. The Morgan fingerprint density at radius 1 is 1.03 bits per heavy atom. The molecule has 13 heteroatoms. The van der Waals surface area contributed by atoms with E-state index < -0.39 is 58.5 Å². The first-order valence-electron chi connectivity index (χ1n) is 11.5. The number of hydrogen-bond donors (Lipinski definition) is 2. The maximum atomic E-state index is 13.1. The van der Waals surface area contributed by atoms with Crippen LogP contribution < -0.4 is 10.1 Å². The zero-order valence-electron chi connectivity index (χ0n) is 20.3. The van der Waals surface area contributed by atoms with Crippen molar-refractivity contribution in [2.75, 3.05) is 13.7 Å². The molecule has 1 unspecified atom stereocenters. The van der Waals surface area contributed by atoms with Crippen molar-refractivity contribution in [1.29, 1.82) is 5.41 Å². The molecule has 0 aromatic heterocycles. The van der Waals surface area contributed by atoms with Gasteiger partial charge in [0.1, 0.15) is 24.0 Å². The van der Waals surface area contributed by atoms with Crippen molar-refractivity contribution in [3.8, 4) is 5.75 Å². The quantitative estimate of drug-likeness (QED) is 0.225. The first-order chi connectivity index (χ1) is 18.1. The zero-order valence-corrected chi connectivity index (χ0v) is 22.5. The monoisotopic (exact) mass is 586 g/mol. The van der Waals surface area contributed by atoms with Crippen LogP contribution >= 0.6 is 34.8 Å². The van der Waals surface area contributed by atoms with E-state index in [1.807, 2.05) is 0 Å². The number of nitrogens with one attached hydrogen (secondary N) is 2. The highest BCUT2D eigenvalue weighted by Gasteiger charge is 2.54. The summed E-state index contributed by atoms with van der Waals surface area (Å²) in [6.45, 7) is 1.28. The first-order valence-corrected chi connectivity index (χ1v) is 12.6. The molecule has 0 saturated carbocycles. The van der Waals surface area contributed by atoms with E-state index in [0.717, 1.165) is 0 Å². The highest BCUT2D eigenvalue weighted by atomic mass is 35.6. The van der Waals surface area contributed by atoms with E-state index >= 15 is 0 Å². The van der Waals surface area contributed by atoms with Crippen LogP contribution in [0.4, 0.5) is 0 Å². The van der Waals surface area contributed by atoms with Gasteiger partial charge in [0.15, 0.2) is 12.4 Å². The fourth-order valence-electron chi connectivity index (χ4n) is 4.08. The summed E-state index contributed by atoms with van der Waals surface area (Å²) in [4.78, 5) is 25.3. The van der Waals surface area contributed by atoms with Gasteiger partial charge in [-0.1, -0.05) is 65.1 Å². The van der Waals surface area contributed by atoms with Crippen molar-refractivity contribution < 1.29 is 38.0 Å². The number of esters is 1. The van der Waals surface area contributed by atoms with Crippen LogP contribution in [-0.4, -0.2) is 65.9 Å². The van der Waals surface area contributed by atoms with E-state index in [1.54, 1.807) is 61.7 Å². The van der Waals surface area contributed by atoms with Gasteiger partial charge < -0.3 is 33.7 Å². The van der Waals surface area contributed by atoms with E-state index in [2.05, 4.69) is 5.32 Å². The summed E-state index contributed by atoms with van der Waals surface area (Å²) in [5.74, 6) is -1.24. The van der Waals surface area contributed by atoms with Gasteiger partial charge in [-0.3, -0.25) is 10.2 Å². The van der Waals surface area contributed by atoms with E-state index in [1.165, 1.54) is 6.92 Å². The fraction of sp³-hybridized carbons (Fsp3) is 0.400. The minimum Gasteiger partial charge on any atom is -0.497 e. The molecule has 0 aliphatic carbocycles. The average Bonchev–Trinajstić information content (AvgIpc) is 2.90. The average molecular weight is 588 g/mol. The number of amides is 1. The predicted molar refractivity (Wildman–Crippen MR) is 138 cm³/mol. The molecule has 0 spiro atoms. The third-order valence-corrected chi connectivity index (χ3v) is 6.36. The Balaban J connectivity index is 1.66. The Morgan fingerprint density at radius 2 is 1.71 bits per heavy atom. The third kappa shape index (κ3) is 6.69. The fourth-order valence-corrected chi connectivity index (χ4v) is 4.21. The smallest absolute Gasteiger partial charge is 0.338 e. The van der Waals surface area contributed by atoms with E-state index in [4.69, 9.17) is 68.6 Å². The van der Waals surface area contributed by atoms with Crippen LogP contribution in [0, 0.1) is 5.41 Å². The Bertz CT molecular complexity index is 1150. The second-order valence-corrected chi connectivity index (χ2v) is 10.8. The van der Waals surface area contributed by atoms with Crippen LogP contribution in [0.25, 0.3) is 0 Å². The molecule has 38 heavy (non-hydrogen) atoms. The Morgan fingerprint density at radius 3 is 2.32 bits per heavy atom. The predicted octanol–water partition coefficient (Wildman–Crippen LogP) is 3.93. The molecule has 2 saturated heterocycles. The van der Waals surface area contributed by atoms with Crippen LogP contribution in [-0.2, 0) is 28.5 Å². The minimum absolute atomic E-state index is 0.00844. The lowest BCUT2D eigenvalue weighted by Crippen LogP contribution is -2.68. The number of benzene rings is 2. The van der Waals surface area contributed by atoms with Gasteiger partial charge in [-0.15, -0.1) is 0 Å². The Labute approximate surface area is 233 Å². The summed E-state index contributed by atoms with van der Waals surface area (Å²) in [7, 11) is 1.56. The van der Waals surface area contributed by atoms with Gasteiger partial charge in [0.2, 0.25) is 18.1 Å². The van der Waals surface area contributed by atoms with Crippen molar-refractivity contribution >= 4 is 52.6 Å². The van der Waals surface area contributed by atoms with E-state index in [0.29, 0.717) is 11.3 Å². The lowest BCUT2D eigenvalue weighted by Gasteiger charge is -2.48. The van der Waals surface area contributed by atoms with Gasteiger partial charge in [-0.05, 0) is 24.3 Å². The Kier molecular flexibility index (Phi) is 9.02. The van der Waals surface area contributed by atoms with Crippen LogP contribution in [0.1, 0.15) is 29.1 Å². The molecule has 4 rings (SSSR count). The third-order valence-electron chi connectivity index (χ3n) is 5.84. The number of rotatable bonds is 6. The number of hydrogen-bond acceptors (Lipinski definition) is 9. The van der Waals surface area contributed by atoms with Crippen LogP contribution in [0.3, 0.4) is 0 Å². The number of halogens is 3. The summed E-state index contributed by atoms with van der Waals surface area (Å²) < 4.78 is 32.5. The summed E-state index contributed by atoms with van der Waals surface area (Å²) in [6.07, 6.45) is -5.07. The van der Waals surface area contributed by atoms with Gasteiger partial charge in [-0.2, -0.15) is 0 Å².